The second kappa shape index (κ2) is 5.39. The molecule has 1 aromatic rings. The van der Waals surface area contributed by atoms with E-state index >= 15 is 0 Å². The number of benzene rings is 1. The minimum Gasteiger partial charge on any atom is -1.00 e. The Labute approximate surface area is 149 Å². The fraction of sp³-hybridized carbons (Fsp3) is 0.647. The second-order valence-electron chi connectivity index (χ2n) is 7.93. The molecule has 2 saturated carbocycles. The third-order valence-electron chi connectivity index (χ3n) is 6.38. The summed E-state index contributed by atoms with van der Waals surface area (Å²) in [6.07, 6.45) is 4.27. The summed E-state index contributed by atoms with van der Waals surface area (Å²) in [4.78, 5) is 2.88. The first-order valence-electron chi connectivity index (χ1n) is 8.03. The lowest BCUT2D eigenvalue weighted by Gasteiger charge is -2.37. The van der Waals surface area contributed by atoms with Crippen LogP contribution < -0.4 is 24.0 Å². The molecule has 4 rings (SSSR count). The van der Waals surface area contributed by atoms with Gasteiger partial charge in [0.25, 0.3) is 0 Å². The predicted octanol–water partition coefficient (Wildman–Crippen LogP) is 1.01. The van der Waals surface area contributed by atoms with E-state index < -0.39 is 0 Å². The lowest BCUT2D eigenvalue weighted by molar-refractivity contribution is -0.881. The Hall–Kier alpha value is -0.780. The van der Waals surface area contributed by atoms with Crippen molar-refractivity contribution in [3.8, 4) is 0 Å². The van der Waals surface area contributed by atoms with Gasteiger partial charge in [-0.25, -0.2) is 0 Å². The molecule has 5 heteroatoms. The van der Waals surface area contributed by atoms with Crippen molar-refractivity contribution >= 4 is 5.69 Å². The summed E-state index contributed by atoms with van der Waals surface area (Å²) < 4.78 is 1.15. The molecule has 1 heterocycles. The van der Waals surface area contributed by atoms with Gasteiger partial charge in [0.15, 0.2) is 0 Å². The molecule has 0 aromatic heterocycles. The highest BCUT2D eigenvalue weighted by molar-refractivity contribution is 5.43. The number of nitrogens with zero attached hydrogens (tertiary/aromatic N) is 4. The van der Waals surface area contributed by atoms with Crippen molar-refractivity contribution in [2.24, 2.45) is 22.9 Å². The van der Waals surface area contributed by atoms with Crippen LogP contribution in [-0.2, 0) is 5.41 Å². The number of azide groups is 1. The molecule has 3 aliphatic rings. The van der Waals surface area contributed by atoms with E-state index in [1.807, 2.05) is 12.1 Å². The Morgan fingerprint density at radius 2 is 1.95 bits per heavy atom. The summed E-state index contributed by atoms with van der Waals surface area (Å²) in [6, 6.07) is 8.43. The van der Waals surface area contributed by atoms with Crippen LogP contribution >= 0.6 is 0 Å². The average Bonchev–Trinajstić information content (AvgIpc) is 3.09. The number of likely N-dealkylation sites (tertiary alicyclic amines) is 1. The number of likely N-dealkylation sites (N-methyl/N-ethyl adjacent to an activating group) is 1. The number of fused-ring (bicyclic) bond motifs is 5. The number of hydrogen-bond acceptors (Lipinski definition) is 1. The van der Waals surface area contributed by atoms with Gasteiger partial charge in [0.2, 0.25) is 0 Å². The predicted molar refractivity (Wildman–Crippen MR) is 83.1 cm³/mol. The largest absolute Gasteiger partial charge is 1.00 e. The molecule has 2 bridgehead atoms. The topological polar surface area (TPSA) is 48.8 Å². The fourth-order valence-electron chi connectivity index (χ4n) is 5.87. The van der Waals surface area contributed by atoms with Gasteiger partial charge in [-0.05, 0) is 42.2 Å². The second-order valence-corrected chi connectivity index (χ2v) is 7.93. The number of hydrogen-bond donors (Lipinski definition) is 0. The quantitative estimate of drug-likeness (QED) is 0.230. The number of quaternary nitrogens is 1. The van der Waals surface area contributed by atoms with Crippen LogP contribution in [0.25, 0.3) is 10.4 Å². The van der Waals surface area contributed by atoms with Gasteiger partial charge in [0, 0.05) is 16.5 Å². The van der Waals surface area contributed by atoms with Crippen LogP contribution in [0.5, 0.6) is 0 Å². The van der Waals surface area contributed by atoms with Gasteiger partial charge in [-0.1, -0.05) is 29.4 Å². The Balaban J connectivity index is 0.00000144. The van der Waals surface area contributed by atoms with Crippen LogP contribution in [0.4, 0.5) is 5.69 Å². The van der Waals surface area contributed by atoms with Gasteiger partial charge in [0.1, 0.15) is 0 Å². The minimum atomic E-state index is 0. The first kappa shape index (κ1) is 16.1. The van der Waals surface area contributed by atoms with Crippen LogP contribution in [0, 0.1) is 17.8 Å². The zero-order valence-electron chi connectivity index (χ0n) is 13.2. The molecular weight excluding hydrogens is 387 g/mol. The van der Waals surface area contributed by atoms with Crippen LogP contribution in [0.1, 0.15) is 24.8 Å². The molecular formula is C17H23IN4. The standard InChI is InChI=1S/C17H23N4.HI/c1-21(2)10-16-12-3-4-14(9-12)17(16,11-21)13-5-7-15(8-6-13)19-20-18;/h5-8,12,14,16H,3-4,9-11H2,1-2H3;1H/q+1;/p-1. The van der Waals surface area contributed by atoms with E-state index in [0.29, 0.717) is 5.41 Å². The van der Waals surface area contributed by atoms with Gasteiger partial charge in [-0.2, -0.15) is 0 Å². The molecule has 4 atom stereocenters. The van der Waals surface area contributed by atoms with Gasteiger partial charge < -0.3 is 28.5 Å². The number of rotatable bonds is 2. The highest BCUT2D eigenvalue weighted by Crippen LogP contribution is 2.64. The van der Waals surface area contributed by atoms with E-state index in [4.69, 9.17) is 5.53 Å². The average molecular weight is 410 g/mol. The van der Waals surface area contributed by atoms with Crippen molar-refractivity contribution in [1.29, 1.82) is 0 Å². The third-order valence-corrected chi connectivity index (χ3v) is 6.38. The Kier molecular flexibility index (Phi) is 3.94. The highest BCUT2D eigenvalue weighted by Gasteiger charge is 2.66. The Morgan fingerprint density at radius 3 is 2.64 bits per heavy atom. The smallest absolute Gasteiger partial charge is 0.0888 e. The Morgan fingerprint density at radius 1 is 1.23 bits per heavy atom. The van der Waals surface area contributed by atoms with Crippen LogP contribution in [0.15, 0.2) is 29.4 Å². The van der Waals surface area contributed by atoms with Crippen molar-refractivity contribution in [1.82, 2.24) is 0 Å². The lowest BCUT2D eigenvalue weighted by atomic mass is 9.64. The molecule has 1 aromatic carbocycles. The van der Waals surface area contributed by atoms with Gasteiger partial charge >= 0.3 is 0 Å². The van der Waals surface area contributed by atoms with E-state index in [9.17, 15) is 0 Å². The van der Waals surface area contributed by atoms with Crippen molar-refractivity contribution in [2.45, 2.75) is 24.7 Å². The summed E-state index contributed by atoms with van der Waals surface area (Å²) in [7, 11) is 4.77. The Bertz CT molecular complexity index is 620. The summed E-state index contributed by atoms with van der Waals surface area (Å²) in [5, 5.41) is 3.71. The van der Waals surface area contributed by atoms with E-state index in [0.717, 1.165) is 27.9 Å². The molecule has 1 aliphatic heterocycles. The maximum atomic E-state index is 8.56. The van der Waals surface area contributed by atoms with Gasteiger partial charge in [0.05, 0.1) is 32.6 Å². The SMILES string of the molecule is C[N+]1(C)CC2C3CCC(C3)C2(c2ccc(N=[N+]=[N-])cc2)C1.[I-]. The van der Waals surface area contributed by atoms with Crippen LogP contribution in [-0.4, -0.2) is 31.7 Å². The molecule has 22 heavy (non-hydrogen) atoms. The highest BCUT2D eigenvalue weighted by atomic mass is 127. The first-order valence-corrected chi connectivity index (χ1v) is 8.03. The van der Waals surface area contributed by atoms with Gasteiger partial charge in [-0.15, -0.1) is 0 Å². The fourth-order valence-corrected chi connectivity index (χ4v) is 5.87. The van der Waals surface area contributed by atoms with Crippen LogP contribution in [0.2, 0.25) is 0 Å². The molecule has 4 nitrogen and oxygen atoms in total. The van der Waals surface area contributed by atoms with Gasteiger partial charge in [-0.3, -0.25) is 0 Å². The zero-order valence-corrected chi connectivity index (χ0v) is 15.4. The van der Waals surface area contributed by atoms with Crippen molar-refractivity contribution < 1.29 is 28.5 Å². The molecule has 2 aliphatic carbocycles. The van der Waals surface area contributed by atoms with Crippen LogP contribution in [0.3, 0.4) is 0 Å². The third kappa shape index (κ3) is 2.17. The van der Waals surface area contributed by atoms with Crippen molar-refractivity contribution in [2.75, 3.05) is 27.2 Å². The molecule has 118 valence electrons. The molecule has 0 amide bonds. The molecule has 4 unspecified atom stereocenters. The summed E-state index contributed by atoms with van der Waals surface area (Å²) in [6.45, 7) is 2.58. The lowest BCUT2D eigenvalue weighted by Crippen LogP contribution is -3.00. The van der Waals surface area contributed by atoms with Crippen molar-refractivity contribution in [3.63, 3.8) is 0 Å². The maximum Gasteiger partial charge on any atom is 0.0888 e. The molecule has 0 radical (unpaired) electrons. The summed E-state index contributed by atoms with van der Waals surface area (Å²) >= 11 is 0. The molecule has 0 spiro atoms. The molecule has 1 saturated heterocycles. The van der Waals surface area contributed by atoms with E-state index in [-0.39, 0.29) is 24.0 Å². The maximum absolute atomic E-state index is 8.56. The monoisotopic (exact) mass is 410 g/mol. The normalized spacial score (nSPS) is 37.3. The molecule has 3 fully saturated rings. The number of halogens is 1. The summed E-state index contributed by atoms with van der Waals surface area (Å²) in [5.41, 5.74) is 11.1. The summed E-state index contributed by atoms with van der Waals surface area (Å²) in [5.74, 6) is 2.64. The van der Waals surface area contributed by atoms with Crippen molar-refractivity contribution in [3.05, 3.63) is 40.3 Å². The molecule has 0 N–H and O–H groups in total. The van der Waals surface area contributed by atoms with E-state index in [2.05, 4.69) is 36.3 Å². The van der Waals surface area contributed by atoms with E-state index in [1.54, 1.807) is 0 Å². The first-order chi connectivity index (χ1) is 10.0. The zero-order chi connectivity index (χ0) is 14.7. The minimum absolute atomic E-state index is 0. The van der Waals surface area contributed by atoms with E-state index in [1.165, 1.54) is 37.9 Å².